The van der Waals surface area contributed by atoms with Gasteiger partial charge in [0.25, 0.3) is 0 Å². The fourth-order valence-corrected chi connectivity index (χ4v) is 2.81. The van der Waals surface area contributed by atoms with Crippen LogP contribution in [0.25, 0.3) is 0 Å². The van der Waals surface area contributed by atoms with Crippen LogP contribution in [0.2, 0.25) is 0 Å². The van der Waals surface area contributed by atoms with Crippen molar-refractivity contribution in [2.75, 3.05) is 68.9 Å². The summed E-state index contributed by atoms with van der Waals surface area (Å²) in [5.41, 5.74) is 0. The second kappa shape index (κ2) is 7.45. The maximum atomic E-state index is 11.7. The summed E-state index contributed by atoms with van der Waals surface area (Å²) >= 11 is 0. The molecule has 0 spiro atoms. The highest BCUT2D eigenvalue weighted by Crippen LogP contribution is 2.20. The number of morpholine rings is 1. The number of carbonyl (C=O) groups excluding carboxylic acids is 1. The maximum absolute atomic E-state index is 11.7. The summed E-state index contributed by atoms with van der Waals surface area (Å²) in [6.45, 7) is 8.20. The molecular formula is C15H23N5O3. The molecule has 0 N–H and O–H groups in total. The lowest BCUT2D eigenvalue weighted by Gasteiger charge is -2.35. The van der Waals surface area contributed by atoms with Gasteiger partial charge in [-0.05, 0) is 6.92 Å². The Morgan fingerprint density at radius 1 is 1.09 bits per heavy atom. The van der Waals surface area contributed by atoms with E-state index >= 15 is 0 Å². The first kappa shape index (κ1) is 15.8. The van der Waals surface area contributed by atoms with Crippen molar-refractivity contribution >= 4 is 17.7 Å². The van der Waals surface area contributed by atoms with Crippen LogP contribution in [0.5, 0.6) is 0 Å². The highest BCUT2D eigenvalue weighted by Gasteiger charge is 2.23. The first-order valence-electron chi connectivity index (χ1n) is 8.09. The summed E-state index contributed by atoms with van der Waals surface area (Å²) in [5, 5.41) is 0. The minimum Gasteiger partial charge on any atom is -0.450 e. The monoisotopic (exact) mass is 321 g/mol. The van der Waals surface area contributed by atoms with Crippen molar-refractivity contribution in [3.05, 3.63) is 12.4 Å². The summed E-state index contributed by atoms with van der Waals surface area (Å²) < 4.78 is 10.4. The lowest BCUT2D eigenvalue weighted by atomic mass is 10.3. The van der Waals surface area contributed by atoms with E-state index in [9.17, 15) is 4.79 Å². The molecule has 2 saturated heterocycles. The topological polar surface area (TPSA) is 71.0 Å². The van der Waals surface area contributed by atoms with E-state index < -0.39 is 0 Å². The van der Waals surface area contributed by atoms with Crippen molar-refractivity contribution in [2.24, 2.45) is 0 Å². The van der Waals surface area contributed by atoms with Gasteiger partial charge < -0.3 is 24.2 Å². The third kappa shape index (κ3) is 3.82. The summed E-state index contributed by atoms with van der Waals surface area (Å²) in [6.07, 6.45) is 1.38. The Morgan fingerprint density at radius 2 is 1.70 bits per heavy atom. The molecule has 0 saturated carbocycles. The molecule has 23 heavy (non-hydrogen) atoms. The van der Waals surface area contributed by atoms with E-state index in [0.29, 0.717) is 19.7 Å². The largest absolute Gasteiger partial charge is 0.450 e. The number of ether oxygens (including phenoxy) is 2. The Balaban J connectivity index is 1.61. The summed E-state index contributed by atoms with van der Waals surface area (Å²) in [4.78, 5) is 26.6. The minimum absolute atomic E-state index is 0.233. The highest BCUT2D eigenvalue weighted by molar-refractivity contribution is 5.68. The predicted octanol–water partition coefficient (Wildman–Crippen LogP) is 0.592. The molecule has 3 heterocycles. The molecule has 8 heteroatoms. The van der Waals surface area contributed by atoms with Gasteiger partial charge in [0.15, 0.2) is 0 Å². The van der Waals surface area contributed by atoms with Crippen LogP contribution in [0, 0.1) is 0 Å². The Morgan fingerprint density at radius 3 is 2.30 bits per heavy atom. The number of hydrogen-bond donors (Lipinski definition) is 0. The molecule has 2 aliphatic rings. The van der Waals surface area contributed by atoms with E-state index in [1.807, 2.05) is 13.0 Å². The van der Waals surface area contributed by atoms with Gasteiger partial charge in [-0.25, -0.2) is 14.8 Å². The average Bonchev–Trinajstić information content (AvgIpc) is 2.63. The number of hydrogen-bond acceptors (Lipinski definition) is 7. The Labute approximate surface area is 136 Å². The zero-order chi connectivity index (χ0) is 16.1. The van der Waals surface area contributed by atoms with Gasteiger partial charge in [-0.3, -0.25) is 0 Å². The maximum Gasteiger partial charge on any atom is 0.409 e. The average molecular weight is 321 g/mol. The standard InChI is InChI=1S/C15H23N5O3/c1-2-23-15(21)20-5-3-18(4-6-20)13-11-14(17-12-16-13)19-7-9-22-10-8-19/h11-12H,2-10H2,1H3. The van der Waals surface area contributed by atoms with E-state index in [-0.39, 0.29) is 6.09 Å². The second-order valence-electron chi connectivity index (χ2n) is 5.51. The lowest BCUT2D eigenvalue weighted by molar-refractivity contribution is 0.105. The van der Waals surface area contributed by atoms with Crippen LogP contribution in [0.4, 0.5) is 16.4 Å². The van der Waals surface area contributed by atoms with Gasteiger partial charge in [0.2, 0.25) is 0 Å². The molecule has 126 valence electrons. The van der Waals surface area contributed by atoms with Crippen molar-refractivity contribution in [2.45, 2.75) is 6.92 Å². The molecule has 1 aromatic heterocycles. The normalized spacial score (nSPS) is 18.9. The molecule has 0 bridgehead atoms. The van der Waals surface area contributed by atoms with Gasteiger partial charge >= 0.3 is 6.09 Å². The molecule has 0 unspecified atom stereocenters. The zero-order valence-electron chi connectivity index (χ0n) is 13.5. The summed E-state index contributed by atoms with van der Waals surface area (Å²) in [7, 11) is 0. The number of amides is 1. The smallest absolute Gasteiger partial charge is 0.409 e. The van der Waals surface area contributed by atoms with Gasteiger partial charge in [-0.15, -0.1) is 0 Å². The molecule has 0 atom stereocenters. The Hall–Kier alpha value is -2.09. The molecule has 0 radical (unpaired) electrons. The van der Waals surface area contributed by atoms with Crippen LogP contribution >= 0.6 is 0 Å². The zero-order valence-corrected chi connectivity index (χ0v) is 13.5. The molecular weight excluding hydrogens is 298 g/mol. The van der Waals surface area contributed by atoms with Crippen molar-refractivity contribution in [3.63, 3.8) is 0 Å². The van der Waals surface area contributed by atoms with E-state index in [1.54, 1.807) is 11.2 Å². The Bertz CT molecular complexity index is 528. The van der Waals surface area contributed by atoms with Crippen molar-refractivity contribution in [1.29, 1.82) is 0 Å². The fraction of sp³-hybridized carbons (Fsp3) is 0.667. The number of anilines is 2. The van der Waals surface area contributed by atoms with E-state index in [4.69, 9.17) is 9.47 Å². The predicted molar refractivity (Wildman–Crippen MR) is 85.9 cm³/mol. The van der Waals surface area contributed by atoms with Gasteiger partial charge in [0, 0.05) is 45.3 Å². The van der Waals surface area contributed by atoms with Crippen LogP contribution in [0.15, 0.2) is 12.4 Å². The summed E-state index contributed by atoms with van der Waals surface area (Å²) in [5.74, 6) is 1.84. The van der Waals surface area contributed by atoms with Gasteiger partial charge in [0.1, 0.15) is 18.0 Å². The molecule has 2 aliphatic heterocycles. The minimum atomic E-state index is -0.233. The molecule has 0 aromatic carbocycles. The van der Waals surface area contributed by atoms with Crippen LogP contribution in [-0.2, 0) is 9.47 Å². The van der Waals surface area contributed by atoms with Gasteiger partial charge in [-0.1, -0.05) is 0 Å². The Kier molecular flexibility index (Phi) is 5.12. The van der Waals surface area contributed by atoms with Gasteiger partial charge in [-0.2, -0.15) is 0 Å². The first-order valence-corrected chi connectivity index (χ1v) is 8.09. The third-order valence-electron chi connectivity index (χ3n) is 4.10. The highest BCUT2D eigenvalue weighted by atomic mass is 16.6. The molecule has 1 amide bonds. The first-order chi connectivity index (χ1) is 11.3. The SMILES string of the molecule is CCOC(=O)N1CCN(c2cc(N3CCOCC3)ncn2)CC1. The van der Waals surface area contributed by atoms with Crippen molar-refractivity contribution in [3.8, 4) is 0 Å². The van der Waals surface area contributed by atoms with E-state index in [2.05, 4.69) is 19.8 Å². The molecule has 2 fully saturated rings. The molecule has 1 aromatic rings. The number of rotatable bonds is 3. The van der Waals surface area contributed by atoms with Crippen molar-refractivity contribution in [1.82, 2.24) is 14.9 Å². The van der Waals surface area contributed by atoms with Crippen LogP contribution < -0.4 is 9.80 Å². The fourth-order valence-electron chi connectivity index (χ4n) is 2.81. The lowest BCUT2D eigenvalue weighted by Crippen LogP contribution is -2.49. The van der Waals surface area contributed by atoms with E-state index in [0.717, 1.165) is 51.0 Å². The number of aromatic nitrogens is 2. The summed E-state index contributed by atoms with van der Waals surface area (Å²) in [6, 6.07) is 2.02. The number of carbonyl (C=O) groups is 1. The molecule has 0 aliphatic carbocycles. The molecule has 3 rings (SSSR count). The number of nitrogens with zero attached hydrogens (tertiary/aromatic N) is 5. The molecule has 8 nitrogen and oxygen atoms in total. The van der Waals surface area contributed by atoms with Gasteiger partial charge in [0.05, 0.1) is 19.8 Å². The van der Waals surface area contributed by atoms with Crippen molar-refractivity contribution < 1.29 is 14.3 Å². The van der Waals surface area contributed by atoms with Crippen LogP contribution in [0.3, 0.4) is 0 Å². The quantitative estimate of drug-likeness (QED) is 0.807. The second-order valence-corrected chi connectivity index (χ2v) is 5.51. The van der Waals surface area contributed by atoms with Crippen LogP contribution in [0.1, 0.15) is 6.92 Å². The number of piperazine rings is 1. The third-order valence-corrected chi connectivity index (χ3v) is 4.10. The van der Waals surface area contributed by atoms with E-state index in [1.165, 1.54) is 0 Å². The van der Waals surface area contributed by atoms with Crippen LogP contribution in [-0.4, -0.2) is 80.1 Å².